The largest absolute Gasteiger partial charge is 0.496 e. The monoisotopic (exact) mass is 257 g/mol. The van der Waals surface area contributed by atoms with Crippen LogP contribution in [0.1, 0.15) is 12.0 Å². The Hall–Kier alpha value is -1.58. The predicted molar refractivity (Wildman–Crippen MR) is 76.6 cm³/mol. The first-order chi connectivity index (χ1) is 9.38. The van der Waals surface area contributed by atoms with Crippen LogP contribution >= 0.6 is 0 Å². The lowest BCUT2D eigenvalue weighted by atomic mass is 10.0. The van der Waals surface area contributed by atoms with Crippen molar-refractivity contribution in [2.45, 2.75) is 19.0 Å². The van der Waals surface area contributed by atoms with Gasteiger partial charge in [-0.2, -0.15) is 0 Å². The zero-order chi connectivity index (χ0) is 13.1. The van der Waals surface area contributed by atoms with E-state index in [4.69, 9.17) is 9.47 Å². The Balaban J connectivity index is 1.86. The van der Waals surface area contributed by atoms with Crippen LogP contribution in [0.15, 0.2) is 36.4 Å². The molecule has 1 fully saturated rings. The second-order valence-electron chi connectivity index (χ2n) is 4.91. The minimum Gasteiger partial charge on any atom is -0.496 e. The topological polar surface area (TPSA) is 30.5 Å². The van der Waals surface area contributed by atoms with Crippen LogP contribution in [-0.4, -0.2) is 26.4 Å². The molecular formula is C16H19NO2. The summed E-state index contributed by atoms with van der Waals surface area (Å²) in [5.74, 6) is 0.934. The molecule has 0 spiro atoms. The van der Waals surface area contributed by atoms with Gasteiger partial charge in [-0.3, -0.25) is 0 Å². The molecule has 0 saturated carbocycles. The number of hydrogen-bond acceptors (Lipinski definition) is 3. The average molecular weight is 257 g/mol. The molecular weight excluding hydrogens is 238 g/mol. The van der Waals surface area contributed by atoms with Crippen molar-refractivity contribution in [3.8, 4) is 5.75 Å². The Kier molecular flexibility index (Phi) is 3.67. The predicted octanol–water partition coefficient (Wildman–Crippen LogP) is 2.73. The maximum Gasteiger partial charge on any atom is 0.126 e. The van der Waals surface area contributed by atoms with Crippen LogP contribution in [0.3, 0.4) is 0 Å². The van der Waals surface area contributed by atoms with Crippen molar-refractivity contribution < 1.29 is 9.47 Å². The zero-order valence-electron chi connectivity index (χ0n) is 11.2. The van der Waals surface area contributed by atoms with Crippen molar-refractivity contribution in [2.75, 3.05) is 20.3 Å². The fraction of sp³-hybridized carbons (Fsp3) is 0.375. The van der Waals surface area contributed by atoms with Crippen molar-refractivity contribution in [3.05, 3.63) is 42.0 Å². The molecule has 3 rings (SSSR count). The van der Waals surface area contributed by atoms with E-state index < -0.39 is 0 Å². The van der Waals surface area contributed by atoms with E-state index in [9.17, 15) is 0 Å². The first-order valence-electron chi connectivity index (χ1n) is 6.74. The Labute approximate surface area is 113 Å². The van der Waals surface area contributed by atoms with Gasteiger partial charge in [0.1, 0.15) is 5.75 Å². The van der Waals surface area contributed by atoms with Crippen molar-refractivity contribution >= 4 is 10.8 Å². The molecule has 0 bridgehead atoms. The van der Waals surface area contributed by atoms with E-state index in [-0.39, 0.29) is 0 Å². The van der Waals surface area contributed by atoms with Crippen LogP contribution in [0.2, 0.25) is 0 Å². The second-order valence-corrected chi connectivity index (χ2v) is 4.91. The average Bonchev–Trinajstić information content (AvgIpc) is 2.98. The summed E-state index contributed by atoms with van der Waals surface area (Å²) in [5.41, 5.74) is 1.31. The van der Waals surface area contributed by atoms with Gasteiger partial charge < -0.3 is 14.8 Å². The highest BCUT2D eigenvalue weighted by Crippen LogP contribution is 2.28. The lowest BCUT2D eigenvalue weighted by molar-refractivity contribution is 0.190. The van der Waals surface area contributed by atoms with E-state index in [1.165, 1.54) is 16.3 Å². The molecule has 1 aliphatic rings. The SMILES string of the molecule is COc1ccc(CNC2CCOC2)c2ccccc12. The molecule has 19 heavy (non-hydrogen) atoms. The molecule has 0 aliphatic carbocycles. The van der Waals surface area contributed by atoms with Gasteiger partial charge in [-0.25, -0.2) is 0 Å². The van der Waals surface area contributed by atoms with Crippen molar-refractivity contribution in [1.82, 2.24) is 5.32 Å². The molecule has 0 amide bonds. The maximum atomic E-state index is 5.42. The molecule has 3 nitrogen and oxygen atoms in total. The standard InChI is InChI=1S/C16H19NO2/c1-18-16-7-6-12(10-17-13-8-9-19-11-13)14-4-2-3-5-15(14)16/h2-7,13,17H,8-11H2,1H3. The Morgan fingerprint density at radius 2 is 2.05 bits per heavy atom. The highest BCUT2D eigenvalue weighted by Gasteiger charge is 2.15. The molecule has 1 heterocycles. The first-order valence-corrected chi connectivity index (χ1v) is 6.74. The summed E-state index contributed by atoms with van der Waals surface area (Å²) in [6.07, 6.45) is 1.11. The third kappa shape index (κ3) is 2.57. The summed E-state index contributed by atoms with van der Waals surface area (Å²) in [7, 11) is 1.72. The molecule has 3 heteroatoms. The van der Waals surface area contributed by atoms with Crippen LogP contribution in [0.4, 0.5) is 0 Å². The fourth-order valence-corrected chi connectivity index (χ4v) is 2.62. The van der Waals surface area contributed by atoms with Crippen LogP contribution in [-0.2, 0) is 11.3 Å². The summed E-state index contributed by atoms with van der Waals surface area (Å²) in [6.45, 7) is 2.58. The molecule has 1 N–H and O–H groups in total. The van der Waals surface area contributed by atoms with Crippen LogP contribution in [0, 0.1) is 0 Å². The number of rotatable bonds is 4. The molecule has 2 aromatic carbocycles. The maximum absolute atomic E-state index is 5.42. The van der Waals surface area contributed by atoms with Crippen molar-refractivity contribution in [2.24, 2.45) is 0 Å². The number of nitrogens with one attached hydrogen (secondary N) is 1. The van der Waals surface area contributed by atoms with E-state index in [2.05, 4.69) is 29.6 Å². The van der Waals surface area contributed by atoms with Crippen LogP contribution in [0.25, 0.3) is 10.8 Å². The van der Waals surface area contributed by atoms with Crippen LogP contribution in [0.5, 0.6) is 5.75 Å². The van der Waals surface area contributed by atoms with Gasteiger partial charge in [0, 0.05) is 24.6 Å². The molecule has 1 atom stereocenters. The van der Waals surface area contributed by atoms with E-state index in [1.807, 2.05) is 12.1 Å². The number of hydrogen-bond donors (Lipinski definition) is 1. The molecule has 1 saturated heterocycles. The lowest BCUT2D eigenvalue weighted by Gasteiger charge is -2.14. The zero-order valence-corrected chi connectivity index (χ0v) is 11.2. The fourth-order valence-electron chi connectivity index (χ4n) is 2.62. The summed E-state index contributed by atoms with van der Waals surface area (Å²) in [6, 6.07) is 13.1. The number of methoxy groups -OCH3 is 1. The summed E-state index contributed by atoms with van der Waals surface area (Å²) in [5, 5.41) is 5.99. The van der Waals surface area contributed by atoms with Gasteiger partial charge in [-0.1, -0.05) is 30.3 Å². The normalized spacial score (nSPS) is 18.9. The molecule has 1 aliphatic heterocycles. The third-order valence-corrected chi connectivity index (χ3v) is 3.71. The molecule has 1 unspecified atom stereocenters. The minimum absolute atomic E-state index is 0.487. The summed E-state index contributed by atoms with van der Waals surface area (Å²) in [4.78, 5) is 0. The Morgan fingerprint density at radius 1 is 1.21 bits per heavy atom. The number of ether oxygens (including phenoxy) is 2. The summed E-state index contributed by atoms with van der Waals surface area (Å²) >= 11 is 0. The van der Waals surface area contributed by atoms with E-state index in [1.54, 1.807) is 7.11 Å². The van der Waals surface area contributed by atoms with Gasteiger partial charge in [0.05, 0.1) is 13.7 Å². The van der Waals surface area contributed by atoms with E-state index >= 15 is 0 Å². The Bertz CT molecular complexity index is 562. The van der Waals surface area contributed by atoms with Gasteiger partial charge in [0.15, 0.2) is 0 Å². The first kappa shape index (κ1) is 12.5. The Morgan fingerprint density at radius 3 is 2.79 bits per heavy atom. The van der Waals surface area contributed by atoms with Gasteiger partial charge in [0.25, 0.3) is 0 Å². The number of benzene rings is 2. The number of fused-ring (bicyclic) bond motifs is 1. The molecule has 100 valence electrons. The van der Waals surface area contributed by atoms with Crippen LogP contribution < -0.4 is 10.1 Å². The van der Waals surface area contributed by atoms with E-state index in [0.29, 0.717) is 6.04 Å². The van der Waals surface area contributed by atoms with Gasteiger partial charge in [0.2, 0.25) is 0 Å². The molecule has 2 aromatic rings. The smallest absolute Gasteiger partial charge is 0.126 e. The second kappa shape index (κ2) is 5.59. The minimum atomic E-state index is 0.487. The molecule has 0 aromatic heterocycles. The van der Waals surface area contributed by atoms with Gasteiger partial charge >= 0.3 is 0 Å². The quantitative estimate of drug-likeness (QED) is 0.913. The van der Waals surface area contributed by atoms with Gasteiger partial charge in [-0.15, -0.1) is 0 Å². The highest BCUT2D eigenvalue weighted by atomic mass is 16.5. The van der Waals surface area contributed by atoms with Crippen molar-refractivity contribution in [3.63, 3.8) is 0 Å². The highest BCUT2D eigenvalue weighted by molar-refractivity contribution is 5.91. The third-order valence-electron chi connectivity index (χ3n) is 3.71. The van der Waals surface area contributed by atoms with E-state index in [0.717, 1.165) is 31.9 Å². The van der Waals surface area contributed by atoms with Gasteiger partial charge in [-0.05, 0) is 23.4 Å². The lowest BCUT2D eigenvalue weighted by Crippen LogP contribution is -2.28. The van der Waals surface area contributed by atoms with Crippen molar-refractivity contribution in [1.29, 1.82) is 0 Å². The summed E-state index contributed by atoms with van der Waals surface area (Å²) < 4.78 is 10.8. The molecule has 0 radical (unpaired) electrons.